The van der Waals surface area contributed by atoms with Crippen molar-refractivity contribution in [2.45, 2.75) is 6.54 Å². The highest BCUT2D eigenvalue weighted by molar-refractivity contribution is 5.94. The number of amides is 1. The minimum absolute atomic E-state index is 0.159. The maximum atomic E-state index is 12.2. The van der Waals surface area contributed by atoms with Crippen LogP contribution in [0.3, 0.4) is 0 Å². The first kappa shape index (κ1) is 17.7. The summed E-state index contributed by atoms with van der Waals surface area (Å²) in [6.07, 6.45) is 1.58. The molecule has 0 bridgehead atoms. The van der Waals surface area contributed by atoms with Gasteiger partial charge in [-0.25, -0.2) is 4.98 Å². The predicted molar refractivity (Wildman–Crippen MR) is 95.4 cm³/mol. The van der Waals surface area contributed by atoms with Gasteiger partial charge >= 0.3 is 0 Å². The van der Waals surface area contributed by atoms with Crippen molar-refractivity contribution < 1.29 is 9.53 Å². The number of hydrogen-bond donors (Lipinski definition) is 2. The van der Waals surface area contributed by atoms with Gasteiger partial charge < -0.3 is 20.3 Å². The molecule has 2 rings (SSSR count). The van der Waals surface area contributed by atoms with Crippen LogP contribution in [0.25, 0.3) is 0 Å². The van der Waals surface area contributed by atoms with E-state index in [1.165, 1.54) is 0 Å². The topological polar surface area (TPSA) is 66.5 Å². The average molecular weight is 328 g/mol. The zero-order chi connectivity index (χ0) is 17.4. The Labute approximate surface area is 142 Å². The summed E-state index contributed by atoms with van der Waals surface area (Å²) in [6.45, 7) is 2.13. The van der Waals surface area contributed by atoms with Gasteiger partial charge in [0.25, 0.3) is 5.91 Å². The van der Waals surface area contributed by atoms with E-state index in [2.05, 4.69) is 20.5 Å². The monoisotopic (exact) mass is 328 g/mol. The van der Waals surface area contributed by atoms with Crippen LogP contribution in [0.4, 0.5) is 5.82 Å². The number of nitrogens with zero attached hydrogens (tertiary/aromatic N) is 2. The molecule has 6 nitrogen and oxygen atoms in total. The first-order chi connectivity index (χ1) is 11.6. The van der Waals surface area contributed by atoms with Crippen molar-refractivity contribution in [2.75, 3.05) is 39.6 Å². The van der Waals surface area contributed by atoms with E-state index in [0.717, 1.165) is 30.2 Å². The average Bonchev–Trinajstić information content (AvgIpc) is 2.60. The Kier molecular flexibility index (Phi) is 6.57. The summed E-state index contributed by atoms with van der Waals surface area (Å²) in [5.74, 6) is 1.36. The van der Waals surface area contributed by atoms with Gasteiger partial charge in [0.2, 0.25) is 0 Å². The number of hydrogen-bond acceptors (Lipinski definition) is 5. The quantitative estimate of drug-likeness (QED) is 0.776. The van der Waals surface area contributed by atoms with Crippen molar-refractivity contribution in [1.29, 1.82) is 0 Å². The largest absolute Gasteiger partial charge is 0.496 e. The minimum atomic E-state index is -0.159. The smallest absolute Gasteiger partial charge is 0.253 e. The molecular weight excluding hydrogens is 304 g/mol. The molecule has 2 N–H and O–H groups in total. The Morgan fingerprint density at radius 3 is 2.67 bits per heavy atom. The van der Waals surface area contributed by atoms with Gasteiger partial charge in [-0.05, 0) is 32.3 Å². The summed E-state index contributed by atoms with van der Waals surface area (Å²) in [5.41, 5.74) is 1.46. The molecule has 1 amide bonds. The number of aromatic nitrogens is 1. The van der Waals surface area contributed by atoms with E-state index >= 15 is 0 Å². The molecule has 0 saturated heterocycles. The standard InChI is InChI=1S/C18H24N4O2/c1-22(2)11-10-19-17-9-8-15(13-20-17)18(23)21-12-14-6-4-5-7-16(14)24-3/h4-9,13H,10-12H2,1-3H3,(H,19,20)(H,21,23). The van der Waals surface area contributed by atoms with Crippen molar-refractivity contribution in [3.63, 3.8) is 0 Å². The van der Waals surface area contributed by atoms with E-state index in [1.807, 2.05) is 44.4 Å². The van der Waals surface area contributed by atoms with Gasteiger partial charge in [0.15, 0.2) is 0 Å². The Morgan fingerprint density at radius 2 is 2.00 bits per heavy atom. The van der Waals surface area contributed by atoms with Gasteiger partial charge in [0.1, 0.15) is 11.6 Å². The highest BCUT2D eigenvalue weighted by atomic mass is 16.5. The van der Waals surface area contributed by atoms with Gasteiger partial charge in [-0.15, -0.1) is 0 Å². The molecule has 0 spiro atoms. The van der Waals surface area contributed by atoms with Crippen LogP contribution in [0.5, 0.6) is 5.75 Å². The fraction of sp³-hybridized carbons (Fsp3) is 0.333. The third kappa shape index (κ3) is 5.24. The zero-order valence-corrected chi connectivity index (χ0v) is 14.4. The number of anilines is 1. The number of benzene rings is 1. The molecule has 0 fully saturated rings. The number of para-hydroxylation sites is 1. The van der Waals surface area contributed by atoms with Gasteiger partial charge in [0, 0.05) is 31.4 Å². The molecule has 6 heteroatoms. The minimum Gasteiger partial charge on any atom is -0.496 e. The maximum Gasteiger partial charge on any atom is 0.253 e. The van der Waals surface area contributed by atoms with Crippen LogP contribution in [-0.2, 0) is 6.54 Å². The molecule has 0 atom stereocenters. The number of carbonyl (C=O) groups excluding carboxylic acids is 1. The predicted octanol–water partition coefficient (Wildman–Crippen LogP) is 1.99. The Balaban J connectivity index is 1.88. The second kappa shape index (κ2) is 8.88. The van der Waals surface area contributed by atoms with Crippen LogP contribution in [0, 0.1) is 0 Å². The van der Waals surface area contributed by atoms with Crippen LogP contribution in [-0.4, -0.2) is 50.1 Å². The van der Waals surface area contributed by atoms with E-state index < -0.39 is 0 Å². The van der Waals surface area contributed by atoms with Gasteiger partial charge in [-0.3, -0.25) is 4.79 Å². The first-order valence-corrected chi connectivity index (χ1v) is 7.85. The second-order valence-electron chi connectivity index (χ2n) is 5.66. The van der Waals surface area contributed by atoms with Crippen LogP contribution < -0.4 is 15.4 Å². The van der Waals surface area contributed by atoms with Gasteiger partial charge in [-0.1, -0.05) is 18.2 Å². The summed E-state index contributed by atoms with van der Waals surface area (Å²) in [5, 5.41) is 6.10. The number of nitrogens with one attached hydrogen (secondary N) is 2. The van der Waals surface area contributed by atoms with Gasteiger partial charge in [0.05, 0.1) is 12.7 Å². The lowest BCUT2D eigenvalue weighted by Crippen LogP contribution is -2.23. The number of likely N-dealkylation sites (N-methyl/N-ethyl adjacent to an activating group) is 1. The van der Waals surface area contributed by atoms with E-state index in [1.54, 1.807) is 19.4 Å². The third-order valence-electron chi connectivity index (χ3n) is 3.52. The highest BCUT2D eigenvalue weighted by Gasteiger charge is 2.08. The molecule has 0 aliphatic heterocycles. The number of carbonyl (C=O) groups is 1. The highest BCUT2D eigenvalue weighted by Crippen LogP contribution is 2.16. The fourth-order valence-corrected chi connectivity index (χ4v) is 2.17. The molecule has 0 unspecified atom stereocenters. The number of ether oxygens (including phenoxy) is 1. The van der Waals surface area contributed by atoms with Crippen molar-refractivity contribution >= 4 is 11.7 Å². The lowest BCUT2D eigenvalue weighted by atomic mass is 10.2. The summed E-state index contributed by atoms with van der Waals surface area (Å²) in [6, 6.07) is 11.2. The Bertz CT molecular complexity index is 656. The molecule has 24 heavy (non-hydrogen) atoms. The maximum absolute atomic E-state index is 12.2. The van der Waals surface area contributed by atoms with Crippen LogP contribution in [0.1, 0.15) is 15.9 Å². The number of pyridine rings is 1. The molecule has 2 aromatic rings. The van der Waals surface area contributed by atoms with E-state index in [0.29, 0.717) is 12.1 Å². The summed E-state index contributed by atoms with van der Waals surface area (Å²) in [4.78, 5) is 18.6. The second-order valence-corrected chi connectivity index (χ2v) is 5.66. The molecule has 0 aliphatic rings. The SMILES string of the molecule is COc1ccccc1CNC(=O)c1ccc(NCCN(C)C)nc1. The molecule has 0 radical (unpaired) electrons. The first-order valence-electron chi connectivity index (χ1n) is 7.85. The van der Waals surface area contributed by atoms with Crippen LogP contribution in [0.2, 0.25) is 0 Å². The molecular formula is C18H24N4O2. The summed E-state index contributed by atoms with van der Waals surface area (Å²) >= 11 is 0. The summed E-state index contributed by atoms with van der Waals surface area (Å²) in [7, 11) is 5.65. The molecule has 0 aliphatic carbocycles. The molecule has 1 heterocycles. The van der Waals surface area contributed by atoms with E-state index in [-0.39, 0.29) is 5.91 Å². The Hall–Kier alpha value is -2.60. The van der Waals surface area contributed by atoms with Crippen molar-refractivity contribution in [3.8, 4) is 5.75 Å². The summed E-state index contributed by atoms with van der Waals surface area (Å²) < 4.78 is 5.28. The normalized spacial score (nSPS) is 10.5. The third-order valence-corrected chi connectivity index (χ3v) is 3.52. The van der Waals surface area contributed by atoms with Crippen LogP contribution in [0.15, 0.2) is 42.6 Å². The van der Waals surface area contributed by atoms with Crippen molar-refractivity contribution in [2.24, 2.45) is 0 Å². The van der Waals surface area contributed by atoms with E-state index in [4.69, 9.17) is 4.74 Å². The number of rotatable bonds is 8. The van der Waals surface area contributed by atoms with Crippen molar-refractivity contribution in [1.82, 2.24) is 15.2 Å². The lowest BCUT2D eigenvalue weighted by Gasteiger charge is -2.11. The molecule has 128 valence electrons. The van der Waals surface area contributed by atoms with Gasteiger partial charge in [-0.2, -0.15) is 0 Å². The Morgan fingerprint density at radius 1 is 1.21 bits per heavy atom. The number of methoxy groups -OCH3 is 1. The molecule has 1 aromatic carbocycles. The van der Waals surface area contributed by atoms with E-state index in [9.17, 15) is 4.79 Å². The molecule has 0 saturated carbocycles. The molecule has 1 aromatic heterocycles. The fourth-order valence-electron chi connectivity index (χ4n) is 2.17. The van der Waals surface area contributed by atoms with Crippen LogP contribution >= 0.6 is 0 Å². The lowest BCUT2D eigenvalue weighted by molar-refractivity contribution is 0.0950. The van der Waals surface area contributed by atoms with Crippen molar-refractivity contribution in [3.05, 3.63) is 53.7 Å². The zero-order valence-electron chi connectivity index (χ0n) is 14.4.